The minimum atomic E-state index is -0.636. The van der Waals surface area contributed by atoms with E-state index in [2.05, 4.69) is 15.9 Å². The molecular weight excluding hydrogens is 328 g/mol. The van der Waals surface area contributed by atoms with Gasteiger partial charge in [0.25, 0.3) is 17.5 Å². The van der Waals surface area contributed by atoms with Gasteiger partial charge in [-0.05, 0) is 11.5 Å². The first-order valence-corrected chi connectivity index (χ1v) is 7.10. The molecule has 1 aromatic carbocycles. The molecule has 7 heteroatoms. The highest BCUT2D eigenvalue weighted by Crippen LogP contribution is 2.33. The smallest absolute Gasteiger partial charge is 0.274 e. The number of benzene rings is 1. The van der Waals surface area contributed by atoms with E-state index >= 15 is 0 Å². The maximum atomic E-state index is 12.3. The van der Waals surface area contributed by atoms with Gasteiger partial charge in [-0.2, -0.15) is 0 Å². The Hall–Kier alpha value is -1.76. The van der Waals surface area contributed by atoms with Crippen LogP contribution in [0.1, 0.15) is 34.6 Å². The third-order valence-electron chi connectivity index (χ3n) is 3.12. The fourth-order valence-electron chi connectivity index (χ4n) is 2.08. The number of nitrogens with zero attached hydrogens (tertiary/aromatic N) is 2. The minimum Gasteiger partial charge on any atom is -0.274 e. The van der Waals surface area contributed by atoms with Crippen LogP contribution in [0.25, 0.3) is 0 Å². The van der Waals surface area contributed by atoms with E-state index in [4.69, 9.17) is 0 Å². The second-order valence-corrected chi connectivity index (χ2v) is 6.01. The zero-order chi connectivity index (χ0) is 15.1. The van der Waals surface area contributed by atoms with Crippen LogP contribution in [0, 0.1) is 15.5 Å². The Kier molecular flexibility index (Phi) is 3.64. The first-order chi connectivity index (χ1) is 9.28. The van der Waals surface area contributed by atoms with Gasteiger partial charge < -0.3 is 0 Å². The highest BCUT2D eigenvalue weighted by molar-refractivity contribution is 9.09. The molecule has 20 heavy (non-hydrogen) atoms. The summed E-state index contributed by atoms with van der Waals surface area (Å²) in [5.41, 5.74) is -0.621. The van der Waals surface area contributed by atoms with Gasteiger partial charge in [0.05, 0.1) is 10.5 Å². The molecule has 1 aliphatic rings. The van der Waals surface area contributed by atoms with E-state index in [9.17, 15) is 19.7 Å². The number of carbonyl (C=O) groups excluding carboxylic acids is 2. The van der Waals surface area contributed by atoms with E-state index in [0.29, 0.717) is 5.33 Å². The average Bonchev–Trinajstić information content (AvgIpc) is 2.64. The molecule has 2 amide bonds. The Morgan fingerprint density at radius 3 is 2.50 bits per heavy atom. The molecule has 0 bridgehead atoms. The minimum absolute atomic E-state index is 0.104. The Morgan fingerprint density at radius 2 is 1.95 bits per heavy atom. The summed E-state index contributed by atoms with van der Waals surface area (Å²) in [6.45, 7) is 4.02. The summed E-state index contributed by atoms with van der Waals surface area (Å²) in [5.74, 6) is -1.06. The molecule has 1 heterocycles. The van der Waals surface area contributed by atoms with Crippen molar-refractivity contribution in [3.05, 3.63) is 39.4 Å². The number of hydrogen-bond acceptors (Lipinski definition) is 4. The van der Waals surface area contributed by atoms with Crippen LogP contribution in [0.4, 0.5) is 5.69 Å². The Bertz CT molecular complexity index is 612. The maximum Gasteiger partial charge on any atom is 0.282 e. The van der Waals surface area contributed by atoms with E-state index in [1.54, 1.807) is 0 Å². The van der Waals surface area contributed by atoms with Crippen molar-refractivity contribution in [3.63, 3.8) is 0 Å². The second-order valence-electron chi connectivity index (χ2n) is 5.45. The van der Waals surface area contributed by atoms with Crippen molar-refractivity contribution in [3.8, 4) is 0 Å². The SMILES string of the molecule is CC(C)(CBr)CN1C(=O)c2cccc([N+](=O)[O-])c2C1=O. The summed E-state index contributed by atoms with van der Waals surface area (Å²) in [6, 6.07) is 4.11. The molecule has 1 aliphatic heterocycles. The standard InChI is InChI=1S/C13H13BrN2O4/c1-13(2,6-14)7-15-11(17)8-4-3-5-9(16(19)20)10(8)12(15)18/h3-5H,6-7H2,1-2H3. The van der Waals surface area contributed by atoms with Gasteiger partial charge in [-0.3, -0.25) is 24.6 Å². The number of hydrogen-bond donors (Lipinski definition) is 0. The van der Waals surface area contributed by atoms with Crippen molar-refractivity contribution in [1.82, 2.24) is 4.90 Å². The predicted octanol–water partition coefficient (Wildman–Crippen LogP) is 2.61. The van der Waals surface area contributed by atoms with Crippen LogP contribution in [0.2, 0.25) is 0 Å². The molecule has 1 aromatic rings. The Labute approximate surface area is 124 Å². The van der Waals surface area contributed by atoms with Gasteiger partial charge in [0.2, 0.25) is 0 Å². The van der Waals surface area contributed by atoms with Gasteiger partial charge in [0.15, 0.2) is 0 Å². The van der Waals surface area contributed by atoms with Crippen LogP contribution >= 0.6 is 15.9 Å². The summed E-state index contributed by atoms with van der Waals surface area (Å²) < 4.78 is 0. The number of halogens is 1. The zero-order valence-electron chi connectivity index (χ0n) is 11.1. The lowest BCUT2D eigenvalue weighted by Gasteiger charge is -2.26. The monoisotopic (exact) mass is 340 g/mol. The lowest BCUT2D eigenvalue weighted by Crippen LogP contribution is -2.39. The normalized spacial score (nSPS) is 14.7. The Balaban J connectivity index is 2.46. The molecule has 0 fully saturated rings. The fourth-order valence-corrected chi connectivity index (χ4v) is 2.26. The predicted molar refractivity (Wildman–Crippen MR) is 76.0 cm³/mol. The van der Waals surface area contributed by atoms with Crippen molar-refractivity contribution >= 4 is 33.4 Å². The van der Waals surface area contributed by atoms with Crippen LogP contribution in [0.15, 0.2) is 18.2 Å². The molecule has 0 atom stereocenters. The van der Waals surface area contributed by atoms with E-state index < -0.39 is 16.7 Å². The van der Waals surface area contributed by atoms with Crippen LogP contribution in [-0.2, 0) is 0 Å². The third-order valence-corrected chi connectivity index (χ3v) is 4.64. The van der Waals surface area contributed by atoms with Crippen molar-refractivity contribution in [1.29, 1.82) is 0 Å². The quantitative estimate of drug-likeness (QED) is 0.365. The lowest BCUT2D eigenvalue weighted by atomic mass is 9.96. The first-order valence-electron chi connectivity index (χ1n) is 5.98. The number of rotatable bonds is 4. The summed E-state index contributed by atoms with van der Waals surface area (Å²) in [7, 11) is 0. The highest BCUT2D eigenvalue weighted by Gasteiger charge is 2.42. The number of imide groups is 1. The number of alkyl halides is 1. The van der Waals surface area contributed by atoms with E-state index in [0.717, 1.165) is 4.90 Å². The Morgan fingerprint density at radius 1 is 1.30 bits per heavy atom. The summed E-state index contributed by atoms with van der Waals surface area (Å²) in [5, 5.41) is 11.6. The molecule has 0 radical (unpaired) electrons. The summed E-state index contributed by atoms with van der Waals surface area (Å²) in [6.07, 6.45) is 0. The van der Waals surface area contributed by atoms with Crippen molar-refractivity contribution in [2.24, 2.45) is 5.41 Å². The van der Waals surface area contributed by atoms with Gasteiger partial charge in [0, 0.05) is 17.9 Å². The molecule has 0 unspecified atom stereocenters. The molecule has 0 N–H and O–H groups in total. The van der Waals surface area contributed by atoms with E-state index in [-0.39, 0.29) is 28.8 Å². The summed E-state index contributed by atoms with van der Waals surface area (Å²) >= 11 is 3.33. The van der Waals surface area contributed by atoms with Gasteiger partial charge in [0.1, 0.15) is 5.56 Å². The van der Waals surface area contributed by atoms with Gasteiger partial charge >= 0.3 is 0 Å². The van der Waals surface area contributed by atoms with E-state index in [1.165, 1.54) is 18.2 Å². The number of nitro benzene ring substituents is 1. The molecule has 106 valence electrons. The molecular formula is C13H13BrN2O4. The highest BCUT2D eigenvalue weighted by atomic mass is 79.9. The number of carbonyl (C=O) groups is 2. The molecule has 0 spiro atoms. The molecule has 0 aromatic heterocycles. The van der Waals surface area contributed by atoms with Gasteiger partial charge in [-0.15, -0.1) is 0 Å². The number of nitro groups is 1. The van der Waals surface area contributed by atoms with Gasteiger partial charge in [-0.1, -0.05) is 35.8 Å². The topological polar surface area (TPSA) is 80.5 Å². The largest absolute Gasteiger partial charge is 0.282 e. The summed E-state index contributed by atoms with van der Waals surface area (Å²) in [4.78, 5) is 36.0. The van der Waals surface area contributed by atoms with Crippen molar-refractivity contribution in [2.75, 3.05) is 11.9 Å². The van der Waals surface area contributed by atoms with Crippen LogP contribution in [0.3, 0.4) is 0 Å². The van der Waals surface area contributed by atoms with Crippen LogP contribution < -0.4 is 0 Å². The van der Waals surface area contributed by atoms with Crippen LogP contribution in [0.5, 0.6) is 0 Å². The molecule has 0 saturated heterocycles. The van der Waals surface area contributed by atoms with E-state index in [1.807, 2.05) is 13.8 Å². The molecule has 0 saturated carbocycles. The lowest BCUT2D eigenvalue weighted by molar-refractivity contribution is -0.385. The molecule has 6 nitrogen and oxygen atoms in total. The van der Waals surface area contributed by atoms with Crippen molar-refractivity contribution < 1.29 is 14.5 Å². The zero-order valence-corrected chi connectivity index (χ0v) is 12.6. The average molecular weight is 341 g/mol. The van der Waals surface area contributed by atoms with Crippen molar-refractivity contribution in [2.45, 2.75) is 13.8 Å². The number of fused-ring (bicyclic) bond motifs is 1. The first kappa shape index (κ1) is 14.6. The number of amides is 2. The van der Waals surface area contributed by atoms with Gasteiger partial charge in [-0.25, -0.2) is 0 Å². The van der Waals surface area contributed by atoms with Crippen LogP contribution in [-0.4, -0.2) is 33.5 Å². The third kappa shape index (κ3) is 2.33. The molecule has 0 aliphatic carbocycles. The fraction of sp³-hybridized carbons (Fsp3) is 0.385. The second kappa shape index (κ2) is 4.97. The maximum absolute atomic E-state index is 12.3. The molecule has 2 rings (SSSR count).